The first kappa shape index (κ1) is 11.5. The Morgan fingerprint density at radius 3 is 2.86 bits per heavy atom. The molecule has 0 aromatic carbocycles. The van der Waals surface area contributed by atoms with Crippen molar-refractivity contribution in [3.8, 4) is 0 Å². The van der Waals surface area contributed by atoms with Gasteiger partial charge in [0.2, 0.25) is 0 Å². The lowest BCUT2D eigenvalue weighted by molar-refractivity contribution is 0.0963. The minimum atomic E-state index is -0.197. The van der Waals surface area contributed by atoms with Crippen LogP contribution >= 0.6 is 34.6 Å². The van der Waals surface area contributed by atoms with Gasteiger partial charge >= 0.3 is 0 Å². The third-order valence-electron chi connectivity index (χ3n) is 1.51. The molecular weight excluding hydrogens is 315 g/mol. The van der Waals surface area contributed by atoms with Gasteiger partial charge in [0.25, 0.3) is 5.91 Å². The number of nitrogens with zero attached hydrogens (tertiary/aromatic N) is 2. The van der Waals surface area contributed by atoms with Crippen molar-refractivity contribution in [2.75, 3.05) is 16.8 Å². The van der Waals surface area contributed by atoms with Crippen molar-refractivity contribution in [1.29, 1.82) is 0 Å². The average Bonchev–Trinajstić information content (AvgIpc) is 2.27. The highest BCUT2D eigenvalue weighted by Gasteiger charge is 2.12. The number of rotatable bonds is 3. The Hall–Kier alpha value is -0.570. The maximum absolute atomic E-state index is 11.4. The molecule has 0 atom stereocenters. The van der Waals surface area contributed by atoms with Gasteiger partial charge in [-0.1, -0.05) is 11.8 Å². The third kappa shape index (κ3) is 2.47. The van der Waals surface area contributed by atoms with Crippen LogP contribution in [0.15, 0.2) is 11.4 Å². The summed E-state index contributed by atoms with van der Waals surface area (Å²) in [5.41, 5.74) is 0.444. The maximum atomic E-state index is 11.4. The highest BCUT2D eigenvalue weighted by atomic mass is 127. The molecule has 0 unspecified atom stereocenters. The van der Waals surface area contributed by atoms with Gasteiger partial charge in [-0.25, -0.2) is 9.97 Å². The van der Waals surface area contributed by atoms with Gasteiger partial charge < -0.3 is 8.85 Å². The smallest absolute Gasteiger partial charge is 0.256 e. The van der Waals surface area contributed by atoms with Crippen molar-refractivity contribution in [1.82, 2.24) is 15.3 Å². The molecule has 0 bridgehead atoms. The number of carbonyl (C=O) groups is 1. The van der Waals surface area contributed by atoms with Gasteiger partial charge in [0.15, 0.2) is 11.0 Å². The highest BCUT2D eigenvalue weighted by molar-refractivity contribution is 14.1. The van der Waals surface area contributed by atoms with Gasteiger partial charge in [0.1, 0.15) is 5.56 Å². The first-order valence-corrected chi connectivity index (χ1v) is 6.03. The number of halogens is 1. The summed E-state index contributed by atoms with van der Waals surface area (Å²) in [5, 5.41) is 3.16. The zero-order chi connectivity index (χ0) is 10.6. The van der Waals surface area contributed by atoms with Crippen LogP contribution in [0.1, 0.15) is 10.4 Å². The van der Waals surface area contributed by atoms with Gasteiger partial charge in [0, 0.05) is 13.2 Å². The van der Waals surface area contributed by atoms with Gasteiger partial charge in [-0.3, -0.25) is 4.79 Å². The average molecular weight is 324 g/mol. The molecule has 0 fully saturated rings. The first-order valence-electron chi connectivity index (χ1n) is 3.72. The predicted molar refractivity (Wildman–Crippen MR) is 64.8 cm³/mol. The Morgan fingerprint density at radius 2 is 2.36 bits per heavy atom. The zero-order valence-corrected chi connectivity index (χ0v) is 10.6. The Balaban J connectivity index is 3.11. The number of hydrogen-bond acceptors (Lipinski definition) is 5. The molecule has 5 nitrogen and oxygen atoms in total. The number of carbonyl (C=O) groups excluding carboxylic acids is 1. The Bertz CT molecular complexity index is 346. The number of thioether (sulfide) groups is 1. The summed E-state index contributed by atoms with van der Waals surface area (Å²) in [6.45, 7) is 0. The van der Waals surface area contributed by atoms with Gasteiger partial charge in [-0.05, 0) is 6.26 Å². The molecule has 14 heavy (non-hydrogen) atoms. The van der Waals surface area contributed by atoms with Crippen LogP contribution < -0.4 is 8.85 Å². The molecule has 0 aliphatic rings. The fraction of sp³-hybridized carbons (Fsp3) is 0.286. The summed E-state index contributed by atoms with van der Waals surface area (Å²) in [5.74, 6) is 0.334. The molecule has 0 aliphatic carbocycles. The normalized spacial score (nSPS) is 9.64. The number of aromatic nitrogens is 2. The van der Waals surface area contributed by atoms with E-state index in [2.05, 4.69) is 18.8 Å². The molecule has 1 heterocycles. The second-order valence-electron chi connectivity index (χ2n) is 2.29. The Kier molecular flexibility index (Phi) is 4.39. The monoisotopic (exact) mass is 324 g/mol. The van der Waals surface area contributed by atoms with E-state index in [0.717, 1.165) is 0 Å². The van der Waals surface area contributed by atoms with Crippen LogP contribution in [0.4, 0.5) is 5.82 Å². The lowest BCUT2D eigenvalue weighted by Crippen LogP contribution is -2.19. The van der Waals surface area contributed by atoms with E-state index in [1.54, 1.807) is 7.05 Å². The molecule has 2 N–H and O–H groups in total. The van der Waals surface area contributed by atoms with E-state index in [1.165, 1.54) is 18.0 Å². The third-order valence-corrected chi connectivity index (χ3v) is 2.58. The van der Waals surface area contributed by atoms with E-state index in [1.807, 2.05) is 29.1 Å². The second kappa shape index (κ2) is 5.35. The van der Waals surface area contributed by atoms with Crippen LogP contribution in [0.5, 0.6) is 0 Å². The van der Waals surface area contributed by atoms with Crippen molar-refractivity contribution in [3.63, 3.8) is 0 Å². The Morgan fingerprint density at radius 1 is 1.64 bits per heavy atom. The zero-order valence-electron chi connectivity index (χ0n) is 7.67. The first-order chi connectivity index (χ1) is 6.72. The van der Waals surface area contributed by atoms with Crippen LogP contribution in [0.3, 0.4) is 0 Å². The maximum Gasteiger partial charge on any atom is 0.256 e. The van der Waals surface area contributed by atoms with Crippen LogP contribution in [-0.4, -0.2) is 29.2 Å². The topological polar surface area (TPSA) is 66.9 Å². The summed E-state index contributed by atoms with van der Waals surface area (Å²) >= 11 is 3.36. The molecular formula is C7H9IN4OS. The Labute approximate surface area is 100.0 Å². The van der Waals surface area contributed by atoms with Crippen LogP contribution in [-0.2, 0) is 0 Å². The van der Waals surface area contributed by atoms with E-state index >= 15 is 0 Å². The summed E-state index contributed by atoms with van der Waals surface area (Å²) in [6, 6.07) is 0. The lowest BCUT2D eigenvalue weighted by Gasteiger charge is -2.05. The molecule has 1 rings (SSSR count). The molecule has 1 aromatic heterocycles. The van der Waals surface area contributed by atoms with E-state index in [4.69, 9.17) is 0 Å². The van der Waals surface area contributed by atoms with Gasteiger partial charge in [-0.2, -0.15) is 0 Å². The summed E-state index contributed by atoms with van der Waals surface area (Å²) in [6.07, 6.45) is 3.39. The molecule has 0 aliphatic heterocycles. The van der Waals surface area contributed by atoms with E-state index in [9.17, 15) is 4.79 Å². The fourth-order valence-corrected chi connectivity index (χ4v) is 1.59. The molecule has 1 amide bonds. The highest BCUT2D eigenvalue weighted by Crippen LogP contribution is 2.17. The van der Waals surface area contributed by atoms with Gasteiger partial charge in [0.05, 0.1) is 22.9 Å². The molecule has 0 saturated carbocycles. The van der Waals surface area contributed by atoms with Crippen LogP contribution in [0, 0.1) is 0 Å². The predicted octanol–water partition coefficient (Wildman–Crippen LogP) is 1.32. The van der Waals surface area contributed by atoms with Crippen molar-refractivity contribution < 1.29 is 4.79 Å². The number of anilines is 1. The van der Waals surface area contributed by atoms with Crippen molar-refractivity contribution in [2.24, 2.45) is 0 Å². The largest absolute Gasteiger partial charge is 0.355 e. The number of hydrogen-bond donors (Lipinski definition) is 2. The molecule has 76 valence electrons. The second-order valence-corrected chi connectivity index (χ2v) is 3.61. The minimum Gasteiger partial charge on any atom is -0.355 e. The van der Waals surface area contributed by atoms with Gasteiger partial charge in [-0.15, -0.1) is 0 Å². The summed E-state index contributed by atoms with van der Waals surface area (Å²) in [7, 11) is 1.57. The molecule has 7 heteroatoms. The van der Waals surface area contributed by atoms with Crippen molar-refractivity contribution in [2.45, 2.75) is 5.16 Å². The molecule has 0 saturated heterocycles. The SMILES string of the molecule is CNC(=O)c1cnc(SC)nc1NI. The van der Waals surface area contributed by atoms with Crippen LogP contribution in [0.2, 0.25) is 0 Å². The standard InChI is InChI=1S/C7H9IN4OS/c1-9-6(13)4-3-10-7(14-2)11-5(4)12-8/h3H,1-2H3,(H,9,13)(H,10,11,12). The fourth-order valence-electron chi connectivity index (χ4n) is 0.837. The lowest BCUT2D eigenvalue weighted by atomic mass is 10.3. The minimum absolute atomic E-state index is 0.197. The number of nitrogens with one attached hydrogen (secondary N) is 2. The van der Waals surface area contributed by atoms with E-state index in [0.29, 0.717) is 16.5 Å². The molecule has 1 aromatic rings. The van der Waals surface area contributed by atoms with Crippen molar-refractivity contribution >= 4 is 46.4 Å². The molecule has 0 radical (unpaired) electrons. The summed E-state index contributed by atoms with van der Waals surface area (Å²) in [4.78, 5) is 19.5. The molecule has 0 spiro atoms. The van der Waals surface area contributed by atoms with E-state index in [-0.39, 0.29) is 5.91 Å². The van der Waals surface area contributed by atoms with Crippen LogP contribution in [0.25, 0.3) is 0 Å². The summed E-state index contributed by atoms with van der Waals surface area (Å²) < 4.78 is 2.83. The van der Waals surface area contributed by atoms with Crippen molar-refractivity contribution in [3.05, 3.63) is 11.8 Å². The number of amides is 1. The quantitative estimate of drug-likeness (QED) is 0.380. The van der Waals surface area contributed by atoms with E-state index < -0.39 is 0 Å².